The van der Waals surface area contributed by atoms with Gasteiger partial charge in [0.25, 0.3) is 0 Å². The Labute approximate surface area is 103 Å². The average molecular weight is 226 g/mol. The quantitative estimate of drug-likeness (QED) is 0.437. The van der Waals surface area contributed by atoms with E-state index in [4.69, 9.17) is 0 Å². The number of rotatable bonds is 4. The number of carbonyl (C=O) groups is 1. The Morgan fingerprint density at radius 2 is 2.06 bits per heavy atom. The minimum atomic E-state index is 0.117. The second-order valence-electron chi connectivity index (χ2n) is 4.60. The van der Waals surface area contributed by atoms with Crippen molar-refractivity contribution in [3.63, 3.8) is 0 Å². The highest BCUT2D eigenvalue weighted by atomic mass is 16.1. The van der Waals surface area contributed by atoms with E-state index < -0.39 is 0 Å². The van der Waals surface area contributed by atoms with Gasteiger partial charge in [0.05, 0.1) is 0 Å². The molecule has 1 saturated carbocycles. The maximum Gasteiger partial charge on any atom is 0.124 e. The third-order valence-corrected chi connectivity index (χ3v) is 3.34. The number of aldehydes is 1. The van der Waals surface area contributed by atoms with Crippen LogP contribution in [0, 0.1) is 23.7 Å². The zero-order valence-electron chi connectivity index (χ0n) is 10.2. The van der Waals surface area contributed by atoms with Gasteiger partial charge >= 0.3 is 0 Å². The SMILES string of the molecule is CCCCC#C[C@H]1[C@@H](C=O)[C@@H]1c1ccccc1. The lowest BCUT2D eigenvalue weighted by Gasteiger charge is -1.95. The van der Waals surface area contributed by atoms with E-state index in [0.717, 1.165) is 19.1 Å². The van der Waals surface area contributed by atoms with Gasteiger partial charge in [-0.1, -0.05) is 49.6 Å². The first kappa shape index (κ1) is 11.9. The number of unbranched alkanes of at least 4 members (excludes halogenated alkanes) is 2. The zero-order valence-corrected chi connectivity index (χ0v) is 10.2. The second-order valence-corrected chi connectivity index (χ2v) is 4.60. The Morgan fingerprint density at radius 1 is 1.29 bits per heavy atom. The van der Waals surface area contributed by atoms with Crippen LogP contribution in [0.2, 0.25) is 0 Å². The number of benzene rings is 1. The topological polar surface area (TPSA) is 17.1 Å². The molecule has 1 aliphatic carbocycles. The fraction of sp³-hybridized carbons (Fsp3) is 0.438. The monoisotopic (exact) mass is 226 g/mol. The molecule has 0 aromatic heterocycles. The number of carbonyl (C=O) groups excluding carboxylic acids is 1. The summed E-state index contributed by atoms with van der Waals surface area (Å²) >= 11 is 0. The summed E-state index contributed by atoms with van der Waals surface area (Å²) in [6, 6.07) is 10.2. The summed E-state index contributed by atoms with van der Waals surface area (Å²) in [6.45, 7) is 2.17. The Hall–Kier alpha value is -1.55. The van der Waals surface area contributed by atoms with Crippen LogP contribution in [0.3, 0.4) is 0 Å². The van der Waals surface area contributed by atoms with E-state index in [-0.39, 0.29) is 11.8 Å². The molecule has 0 radical (unpaired) electrons. The van der Waals surface area contributed by atoms with Crippen LogP contribution in [0.15, 0.2) is 30.3 Å². The van der Waals surface area contributed by atoms with Crippen LogP contribution in [0.4, 0.5) is 0 Å². The molecule has 0 heterocycles. The van der Waals surface area contributed by atoms with Gasteiger partial charge in [0.15, 0.2) is 0 Å². The predicted molar refractivity (Wildman–Crippen MR) is 69.5 cm³/mol. The second kappa shape index (κ2) is 5.68. The molecule has 1 nitrogen and oxygen atoms in total. The first-order valence-corrected chi connectivity index (χ1v) is 6.37. The summed E-state index contributed by atoms with van der Waals surface area (Å²) in [7, 11) is 0. The van der Waals surface area contributed by atoms with Crippen LogP contribution in [-0.4, -0.2) is 6.29 Å². The Balaban J connectivity index is 2.00. The van der Waals surface area contributed by atoms with Crippen LogP contribution in [0.5, 0.6) is 0 Å². The summed E-state index contributed by atoms with van der Waals surface area (Å²) in [5.41, 5.74) is 1.25. The van der Waals surface area contributed by atoms with Gasteiger partial charge in [0, 0.05) is 24.2 Å². The van der Waals surface area contributed by atoms with Crippen LogP contribution in [0.1, 0.15) is 37.7 Å². The molecule has 2 rings (SSSR count). The number of hydrogen-bond donors (Lipinski definition) is 0. The molecule has 0 unspecified atom stereocenters. The van der Waals surface area contributed by atoms with E-state index in [2.05, 4.69) is 30.9 Å². The number of hydrogen-bond acceptors (Lipinski definition) is 1. The van der Waals surface area contributed by atoms with Crippen LogP contribution in [0.25, 0.3) is 0 Å². The fourth-order valence-corrected chi connectivity index (χ4v) is 2.25. The third kappa shape index (κ3) is 2.77. The molecule has 1 aromatic rings. The van der Waals surface area contributed by atoms with Crippen molar-refractivity contribution in [1.82, 2.24) is 0 Å². The highest BCUT2D eigenvalue weighted by Crippen LogP contribution is 2.52. The molecule has 1 heteroatoms. The summed E-state index contributed by atoms with van der Waals surface area (Å²) in [5, 5.41) is 0. The van der Waals surface area contributed by atoms with Crippen molar-refractivity contribution in [3.8, 4) is 11.8 Å². The van der Waals surface area contributed by atoms with Gasteiger partial charge in [-0.2, -0.15) is 0 Å². The fourth-order valence-electron chi connectivity index (χ4n) is 2.25. The molecular formula is C16H18O. The molecule has 1 aromatic carbocycles. The lowest BCUT2D eigenvalue weighted by molar-refractivity contribution is -0.109. The van der Waals surface area contributed by atoms with E-state index in [1.165, 1.54) is 12.0 Å². The van der Waals surface area contributed by atoms with Crippen LogP contribution < -0.4 is 0 Å². The summed E-state index contributed by atoms with van der Waals surface area (Å²) < 4.78 is 0. The standard InChI is InChI=1S/C16H18O/c1-2-3-4-8-11-14-15(12-17)16(14)13-9-6-5-7-10-13/h5-7,9-10,12,14-16H,2-4H2,1H3/t14-,15+,16+/m0/s1. The van der Waals surface area contributed by atoms with Crippen molar-refractivity contribution in [2.24, 2.45) is 11.8 Å². The maximum absolute atomic E-state index is 11.0. The van der Waals surface area contributed by atoms with Gasteiger partial charge in [-0.15, -0.1) is 5.92 Å². The maximum atomic E-state index is 11.0. The van der Waals surface area contributed by atoms with Gasteiger partial charge in [-0.05, 0) is 12.0 Å². The largest absolute Gasteiger partial charge is 0.303 e. The first-order valence-electron chi connectivity index (χ1n) is 6.37. The molecule has 88 valence electrons. The molecule has 1 fully saturated rings. The zero-order chi connectivity index (χ0) is 12.1. The van der Waals surface area contributed by atoms with Crippen molar-refractivity contribution in [2.75, 3.05) is 0 Å². The lowest BCUT2D eigenvalue weighted by atomic mass is 10.1. The van der Waals surface area contributed by atoms with E-state index in [1.807, 2.05) is 18.2 Å². The summed E-state index contributed by atoms with van der Waals surface area (Å²) in [4.78, 5) is 11.0. The minimum Gasteiger partial charge on any atom is -0.303 e. The molecule has 0 saturated heterocycles. The minimum absolute atomic E-state index is 0.117. The summed E-state index contributed by atoms with van der Waals surface area (Å²) in [5.74, 6) is 7.17. The van der Waals surface area contributed by atoms with Crippen molar-refractivity contribution in [2.45, 2.75) is 32.1 Å². The van der Waals surface area contributed by atoms with Gasteiger partial charge in [-0.3, -0.25) is 0 Å². The highest BCUT2D eigenvalue weighted by molar-refractivity contribution is 5.65. The first-order chi connectivity index (χ1) is 8.38. The molecule has 3 atom stereocenters. The molecule has 0 spiro atoms. The average Bonchev–Trinajstić information content (AvgIpc) is 3.09. The molecule has 0 N–H and O–H groups in total. The molecule has 0 amide bonds. The normalized spacial score (nSPS) is 25.8. The van der Waals surface area contributed by atoms with Crippen LogP contribution in [-0.2, 0) is 4.79 Å². The summed E-state index contributed by atoms with van der Waals surface area (Å²) in [6.07, 6.45) is 4.36. The van der Waals surface area contributed by atoms with Crippen molar-refractivity contribution in [3.05, 3.63) is 35.9 Å². The third-order valence-electron chi connectivity index (χ3n) is 3.34. The highest BCUT2D eigenvalue weighted by Gasteiger charge is 2.49. The van der Waals surface area contributed by atoms with Gasteiger partial charge < -0.3 is 4.79 Å². The van der Waals surface area contributed by atoms with Crippen molar-refractivity contribution >= 4 is 6.29 Å². The molecule has 17 heavy (non-hydrogen) atoms. The predicted octanol–water partition coefficient (Wildman–Crippen LogP) is 3.41. The molecule has 1 aliphatic rings. The smallest absolute Gasteiger partial charge is 0.124 e. The Morgan fingerprint density at radius 3 is 2.71 bits per heavy atom. The lowest BCUT2D eigenvalue weighted by Crippen LogP contribution is -1.82. The van der Waals surface area contributed by atoms with Gasteiger partial charge in [0.2, 0.25) is 0 Å². The van der Waals surface area contributed by atoms with Crippen LogP contribution >= 0.6 is 0 Å². The Bertz CT molecular complexity index is 424. The van der Waals surface area contributed by atoms with Crippen molar-refractivity contribution < 1.29 is 4.79 Å². The Kier molecular flexibility index (Phi) is 3.98. The van der Waals surface area contributed by atoms with E-state index in [0.29, 0.717) is 5.92 Å². The van der Waals surface area contributed by atoms with Gasteiger partial charge in [0.1, 0.15) is 6.29 Å². The van der Waals surface area contributed by atoms with Crippen molar-refractivity contribution in [1.29, 1.82) is 0 Å². The van der Waals surface area contributed by atoms with E-state index in [9.17, 15) is 4.79 Å². The molecule has 0 aliphatic heterocycles. The van der Waals surface area contributed by atoms with E-state index in [1.54, 1.807) is 0 Å². The molecule has 0 bridgehead atoms. The molecular weight excluding hydrogens is 208 g/mol. The van der Waals surface area contributed by atoms with Gasteiger partial charge in [-0.25, -0.2) is 0 Å². The van der Waals surface area contributed by atoms with E-state index >= 15 is 0 Å².